The summed E-state index contributed by atoms with van der Waals surface area (Å²) < 4.78 is 0. The van der Waals surface area contributed by atoms with Crippen molar-refractivity contribution in [3.8, 4) is 0 Å². The van der Waals surface area contributed by atoms with Crippen LogP contribution >= 0.6 is 0 Å². The highest BCUT2D eigenvalue weighted by Crippen LogP contribution is 2.26. The lowest BCUT2D eigenvalue weighted by molar-refractivity contribution is -0.125. The molecular formula is C24H28N2O3. The molecule has 0 radical (unpaired) electrons. The van der Waals surface area contributed by atoms with Crippen LogP contribution in [0.2, 0.25) is 0 Å². The van der Waals surface area contributed by atoms with Crippen LogP contribution in [0.1, 0.15) is 59.9 Å². The third-order valence-corrected chi connectivity index (χ3v) is 5.28. The molecule has 3 rings (SSSR count). The molecule has 3 amide bonds. The fraction of sp³-hybridized carbons (Fsp3) is 0.375. The van der Waals surface area contributed by atoms with Gasteiger partial charge in [-0.3, -0.25) is 19.3 Å². The summed E-state index contributed by atoms with van der Waals surface area (Å²) in [7, 11) is 0. The Labute approximate surface area is 172 Å². The molecule has 0 bridgehead atoms. The predicted octanol–water partition coefficient (Wildman–Crippen LogP) is 3.83. The van der Waals surface area contributed by atoms with E-state index >= 15 is 0 Å². The first kappa shape index (κ1) is 20.8. The molecular weight excluding hydrogens is 364 g/mol. The molecule has 0 spiro atoms. The number of carbonyl (C=O) groups is 3. The second kappa shape index (κ2) is 9.03. The number of rotatable bonds is 8. The number of amides is 3. The van der Waals surface area contributed by atoms with E-state index < -0.39 is 17.9 Å². The molecule has 1 N–H and O–H groups in total. The molecule has 0 aromatic heterocycles. The molecule has 0 saturated carbocycles. The molecule has 1 heterocycles. The van der Waals surface area contributed by atoms with E-state index in [9.17, 15) is 14.4 Å². The maximum Gasteiger partial charge on any atom is 0.262 e. The highest BCUT2D eigenvalue weighted by molar-refractivity contribution is 6.22. The number of nitrogens with one attached hydrogen (secondary N) is 1. The second-order valence-corrected chi connectivity index (χ2v) is 8.11. The van der Waals surface area contributed by atoms with Crippen LogP contribution in [0.4, 0.5) is 0 Å². The van der Waals surface area contributed by atoms with Crippen LogP contribution in [0.15, 0.2) is 54.6 Å². The summed E-state index contributed by atoms with van der Waals surface area (Å²) in [6.45, 7) is 6.25. The highest BCUT2D eigenvalue weighted by Gasteiger charge is 2.42. The Balaban J connectivity index is 1.85. The van der Waals surface area contributed by atoms with Crippen molar-refractivity contribution < 1.29 is 14.4 Å². The Kier molecular flexibility index (Phi) is 6.47. The summed E-state index contributed by atoms with van der Waals surface area (Å²) in [4.78, 5) is 40.2. The van der Waals surface area contributed by atoms with Gasteiger partial charge in [0, 0.05) is 12.5 Å². The van der Waals surface area contributed by atoms with E-state index in [0.717, 1.165) is 23.3 Å². The van der Waals surface area contributed by atoms with Crippen molar-refractivity contribution in [2.45, 2.75) is 52.1 Å². The zero-order chi connectivity index (χ0) is 21.0. The fourth-order valence-corrected chi connectivity index (χ4v) is 3.62. The predicted molar refractivity (Wildman–Crippen MR) is 113 cm³/mol. The van der Waals surface area contributed by atoms with E-state index in [-0.39, 0.29) is 18.4 Å². The van der Waals surface area contributed by atoms with E-state index in [0.29, 0.717) is 17.0 Å². The van der Waals surface area contributed by atoms with E-state index in [1.807, 2.05) is 37.3 Å². The molecule has 152 valence electrons. The molecule has 5 heteroatoms. The van der Waals surface area contributed by atoms with Crippen molar-refractivity contribution in [2.24, 2.45) is 5.92 Å². The first-order chi connectivity index (χ1) is 13.9. The normalized spacial score (nSPS) is 15.4. The van der Waals surface area contributed by atoms with Crippen LogP contribution in [0.3, 0.4) is 0 Å². The van der Waals surface area contributed by atoms with Crippen molar-refractivity contribution in [2.75, 3.05) is 0 Å². The summed E-state index contributed by atoms with van der Waals surface area (Å²) in [5.41, 5.74) is 1.62. The summed E-state index contributed by atoms with van der Waals surface area (Å²) in [5, 5.41) is 3.02. The summed E-state index contributed by atoms with van der Waals surface area (Å²) in [5.74, 6) is -0.557. The summed E-state index contributed by atoms with van der Waals surface area (Å²) >= 11 is 0. The van der Waals surface area contributed by atoms with Gasteiger partial charge in [-0.1, -0.05) is 56.3 Å². The first-order valence-corrected chi connectivity index (χ1v) is 10.2. The molecule has 0 saturated heterocycles. The zero-order valence-corrected chi connectivity index (χ0v) is 17.2. The number of nitrogens with zero attached hydrogens (tertiary/aromatic N) is 1. The van der Waals surface area contributed by atoms with E-state index in [2.05, 4.69) is 19.2 Å². The molecule has 2 aromatic rings. The molecule has 1 aliphatic heterocycles. The summed E-state index contributed by atoms with van der Waals surface area (Å²) in [6.07, 6.45) is 2.14. The number of hydrogen-bond donors (Lipinski definition) is 1. The zero-order valence-electron chi connectivity index (χ0n) is 17.2. The quantitative estimate of drug-likeness (QED) is 0.694. The van der Waals surface area contributed by atoms with Gasteiger partial charge >= 0.3 is 0 Å². The van der Waals surface area contributed by atoms with Crippen molar-refractivity contribution in [1.82, 2.24) is 10.2 Å². The molecule has 2 aromatic carbocycles. The van der Waals surface area contributed by atoms with Gasteiger partial charge in [0.1, 0.15) is 6.04 Å². The van der Waals surface area contributed by atoms with Gasteiger partial charge in [-0.05, 0) is 43.4 Å². The lowest BCUT2D eigenvalue weighted by Gasteiger charge is -2.27. The van der Waals surface area contributed by atoms with Crippen molar-refractivity contribution in [1.29, 1.82) is 0 Å². The number of hydrogen-bond acceptors (Lipinski definition) is 3. The standard InChI is InChI=1S/C24H28N2O3/c1-16(2)13-14-17(3)25-22(27)21(15-18-9-5-4-6-10-18)26-23(28)19-11-7-8-12-20(19)24(26)29/h4-12,16-17,21H,13-15H2,1-3H3,(H,25,27)/t17?,21-/m0/s1. The van der Waals surface area contributed by atoms with Crippen LogP contribution in [0.25, 0.3) is 0 Å². The number of imide groups is 1. The number of carbonyl (C=O) groups excluding carboxylic acids is 3. The molecule has 1 aliphatic rings. The molecule has 0 fully saturated rings. The molecule has 29 heavy (non-hydrogen) atoms. The molecule has 5 nitrogen and oxygen atoms in total. The van der Waals surface area contributed by atoms with Gasteiger partial charge < -0.3 is 5.32 Å². The smallest absolute Gasteiger partial charge is 0.262 e. The minimum Gasteiger partial charge on any atom is -0.352 e. The second-order valence-electron chi connectivity index (χ2n) is 8.11. The van der Waals surface area contributed by atoms with Crippen molar-refractivity contribution in [3.63, 3.8) is 0 Å². The van der Waals surface area contributed by atoms with Crippen LogP contribution in [-0.2, 0) is 11.2 Å². The van der Waals surface area contributed by atoms with Crippen molar-refractivity contribution in [3.05, 3.63) is 71.3 Å². The van der Waals surface area contributed by atoms with Crippen LogP contribution in [-0.4, -0.2) is 34.7 Å². The lowest BCUT2D eigenvalue weighted by Crippen LogP contribution is -2.52. The van der Waals surface area contributed by atoms with Gasteiger partial charge in [0.25, 0.3) is 11.8 Å². The Bertz CT molecular complexity index is 857. The third-order valence-electron chi connectivity index (χ3n) is 5.28. The molecule has 2 atom stereocenters. The van der Waals surface area contributed by atoms with Gasteiger partial charge in [-0.2, -0.15) is 0 Å². The van der Waals surface area contributed by atoms with Gasteiger partial charge in [0.2, 0.25) is 5.91 Å². The van der Waals surface area contributed by atoms with E-state index in [4.69, 9.17) is 0 Å². The first-order valence-electron chi connectivity index (χ1n) is 10.2. The maximum atomic E-state index is 13.2. The Morgan fingerprint density at radius 3 is 1.97 bits per heavy atom. The number of benzene rings is 2. The van der Waals surface area contributed by atoms with Gasteiger partial charge in [-0.25, -0.2) is 0 Å². The topological polar surface area (TPSA) is 66.5 Å². The Hall–Kier alpha value is -2.95. The van der Waals surface area contributed by atoms with Crippen LogP contribution < -0.4 is 5.32 Å². The summed E-state index contributed by atoms with van der Waals surface area (Å²) in [6, 6.07) is 15.3. The average Bonchev–Trinajstić information content (AvgIpc) is 2.96. The Morgan fingerprint density at radius 2 is 1.41 bits per heavy atom. The van der Waals surface area contributed by atoms with Crippen molar-refractivity contribution >= 4 is 17.7 Å². The Morgan fingerprint density at radius 1 is 0.862 bits per heavy atom. The largest absolute Gasteiger partial charge is 0.352 e. The maximum absolute atomic E-state index is 13.2. The monoisotopic (exact) mass is 392 g/mol. The van der Waals surface area contributed by atoms with Gasteiger partial charge in [0.15, 0.2) is 0 Å². The minimum atomic E-state index is -0.883. The van der Waals surface area contributed by atoms with E-state index in [1.54, 1.807) is 24.3 Å². The molecule has 0 aliphatic carbocycles. The van der Waals surface area contributed by atoms with Gasteiger partial charge in [-0.15, -0.1) is 0 Å². The van der Waals surface area contributed by atoms with Gasteiger partial charge in [0.05, 0.1) is 11.1 Å². The van der Waals surface area contributed by atoms with E-state index in [1.165, 1.54) is 0 Å². The molecule has 1 unspecified atom stereocenters. The fourth-order valence-electron chi connectivity index (χ4n) is 3.62. The lowest BCUT2D eigenvalue weighted by atomic mass is 10.0. The van der Waals surface area contributed by atoms with Crippen LogP contribution in [0.5, 0.6) is 0 Å². The third kappa shape index (κ3) is 4.73. The average molecular weight is 392 g/mol. The van der Waals surface area contributed by atoms with Crippen LogP contribution in [0, 0.1) is 5.92 Å². The highest BCUT2D eigenvalue weighted by atomic mass is 16.2. The SMILES string of the molecule is CC(C)CCC(C)NC(=O)[C@H](Cc1ccccc1)N1C(=O)c2ccccc2C1=O. The number of fused-ring (bicyclic) bond motifs is 1. The minimum absolute atomic E-state index is 0.0293.